The molecule has 0 spiro atoms. The van der Waals surface area contributed by atoms with Crippen molar-refractivity contribution < 1.29 is 9.84 Å². The van der Waals surface area contributed by atoms with Crippen LogP contribution in [0.4, 0.5) is 0 Å². The number of methoxy groups -OCH3 is 1. The lowest BCUT2D eigenvalue weighted by Gasteiger charge is -2.28. The second-order valence-corrected chi connectivity index (χ2v) is 4.46. The highest BCUT2D eigenvalue weighted by Gasteiger charge is 2.41. The number of nitrogens with one attached hydrogen (secondary N) is 1. The van der Waals surface area contributed by atoms with Gasteiger partial charge in [-0.2, -0.15) is 0 Å². The van der Waals surface area contributed by atoms with Crippen LogP contribution in [0.5, 0.6) is 0 Å². The maximum absolute atomic E-state index is 9.39. The molecule has 0 heterocycles. The first-order valence-corrected chi connectivity index (χ1v) is 5.19. The molecule has 0 amide bonds. The van der Waals surface area contributed by atoms with E-state index in [1.807, 2.05) is 0 Å². The molecule has 0 aromatic carbocycles. The van der Waals surface area contributed by atoms with Crippen LogP contribution in [0.15, 0.2) is 0 Å². The maximum Gasteiger partial charge on any atom is 0.0614 e. The summed E-state index contributed by atoms with van der Waals surface area (Å²) in [4.78, 5) is 0. The molecule has 2 rings (SSSR count). The Kier molecular flexibility index (Phi) is 2.58. The van der Waals surface area contributed by atoms with E-state index in [9.17, 15) is 5.11 Å². The maximum atomic E-state index is 9.39. The molecule has 3 nitrogen and oxygen atoms in total. The Bertz CT molecular complexity index is 182. The Balaban J connectivity index is 1.91. The lowest BCUT2D eigenvalue weighted by atomic mass is 9.98. The SMILES string of the molecule is COC1CCC(CO)(NC2CC2)C1. The van der Waals surface area contributed by atoms with Crippen LogP contribution >= 0.6 is 0 Å². The summed E-state index contributed by atoms with van der Waals surface area (Å²) < 4.78 is 5.32. The highest BCUT2D eigenvalue weighted by Crippen LogP contribution is 2.34. The summed E-state index contributed by atoms with van der Waals surface area (Å²) in [5.41, 5.74) is -0.0259. The van der Waals surface area contributed by atoms with Crippen molar-refractivity contribution in [3.05, 3.63) is 0 Å². The van der Waals surface area contributed by atoms with Gasteiger partial charge < -0.3 is 15.2 Å². The van der Waals surface area contributed by atoms with E-state index in [2.05, 4.69) is 5.32 Å². The zero-order chi connectivity index (χ0) is 9.31. The monoisotopic (exact) mass is 185 g/mol. The van der Waals surface area contributed by atoms with E-state index in [1.165, 1.54) is 12.8 Å². The molecule has 0 aromatic rings. The van der Waals surface area contributed by atoms with Gasteiger partial charge in [-0.25, -0.2) is 0 Å². The third-order valence-corrected chi connectivity index (χ3v) is 3.29. The quantitative estimate of drug-likeness (QED) is 0.676. The molecular weight excluding hydrogens is 166 g/mol. The van der Waals surface area contributed by atoms with Gasteiger partial charge in [-0.3, -0.25) is 0 Å². The number of hydrogen-bond acceptors (Lipinski definition) is 3. The van der Waals surface area contributed by atoms with Crippen LogP contribution in [0.2, 0.25) is 0 Å². The van der Waals surface area contributed by atoms with E-state index in [0.717, 1.165) is 19.3 Å². The molecule has 2 aliphatic carbocycles. The minimum Gasteiger partial charge on any atom is -0.394 e. The molecule has 2 unspecified atom stereocenters. The molecule has 2 fully saturated rings. The van der Waals surface area contributed by atoms with Crippen molar-refractivity contribution in [2.75, 3.05) is 13.7 Å². The van der Waals surface area contributed by atoms with Gasteiger partial charge in [0.1, 0.15) is 0 Å². The molecule has 0 aromatic heterocycles. The van der Waals surface area contributed by atoms with E-state index in [1.54, 1.807) is 7.11 Å². The van der Waals surface area contributed by atoms with Crippen LogP contribution in [0.25, 0.3) is 0 Å². The summed E-state index contributed by atoms with van der Waals surface area (Å²) >= 11 is 0. The van der Waals surface area contributed by atoms with Gasteiger partial charge in [0, 0.05) is 18.7 Å². The van der Waals surface area contributed by atoms with Gasteiger partial charge in [0.2, 0.25) is 0 Å². The molecule has 2 saturated carbocycles. The summed E-state index contributed by atoms with van der Waals surface area (Å²) in [7, 11) is 1.76. The molecule has 3 heteroatoms. The minimum atomic E-state index is -0.0259. The van der Waals surface area contributed by atoms with Crippen molar-refractivity contribution in [1.82, 2.24) is 5.32 Å². The second-order valence-electron chi connectivity index (χ2n) is 4.46. The van der Waals surface area contributed by atoms with Crippen LogP contribution in [0, 0.1) is 0 Å². The molecule has 0 bridgehead atoms. The van der Waals surface area contributed by atoms with Crippen molar-refractivity contribution in [2.45, 2.75) is 49.8 Å². The number of hydrogen-bond donors (Lipinski definition) is 2. The number of aliphatic hydroxyl groups is 1. The summed E-state index contributed by atoms with van der Waals surface area (Å²) in [6.07, 6.45) is 6.00. The fourth-order valence-corrected chi connectivity index (χ4v) is 2.26. The summed E-state index contributed by atoms with van der Waals surface area (Å²) in [5, 5.41) is 12.9. The van der Waals surface area contributed by atoms with Crippen molar-refractivity contribution in [3.8, 4) is 0 Å². The molecule has 2 N–H and O–H groups in total. The van der Waals surface area contributed by atoms with Crippen molar-refractivity contribution in [2.24, 2.45) is 0 Å². The van der Waals surface area contributed by atoms with E-state index < -0.39 is 0 Å². The molecule has 13 heavy (non-hydrogen) atoms. The smallest absolute Gasteiger partial charge is 0.0614 e. The second kappa shape index (κ2) is 3.56. The van der Waals surface area contributed by atoms with Gasteiger partial charge >= 0.3 is 0 Å². The Labute approximate surface area is 79.5 Å². The third kappa shape index (κ3) is 2.03. The molecule has 76 valence electrons. The topological polar surface area (TPSA) is 41.5 Å². The van der Waals surface area contributed by atoms with E-state index in [-0.39, 0.29) is 12.1 Å². The van der Waals surface area contributed by atoms with Gasteiger partial charge in [0.15, 0.2) is 0 Å². The number of rotatable bonds is 4. The highest BCUT2D eigenvalue weighted by molar-refractivity contribution is 5.01. The van der Waals surface area contributed by atoms with Gasteiger partial charge in [-0.15, -0.1) is 0 Å². The summed E-state index contributed by atoms with van der Waals surface area (Å²) in [5.74, 6) is 0. The fourth-order valence-electron chi connectivity index (χ4n) is 2.26. The van der Waals surface area contributed by atoms with Gasteiger partial charge in [0.25, 0.3) is 0 Å². The summed E-state index contributed by atoms with van der Waals surface area (Å²) in [6, 6.07) is 0.669. The first kappa shape index (κ1) is 9.44. The largest absolute Gasteiger partial charge is 0.394 e. The Morgan fingerprint density at radius 1 is 1.46 bits per heavy atom. The van der Waals surface area contributed by atoms with Crippen LogP contribution < -0.4 is 5.32 Å². The van der Waals surface area contributed by atoms with Crippen molar-refractivity contribution in [1.29, 1.82) is 0 Å². The van der Waals surface area contributed by atoms with E-state index in [0.29, 0.717) is 12.1 Å². The zero-order valence-electron chi connectivity index (χ0n) is 8.25. The van der Waals surface area contributed by atoms with E-state index in [4.69, 9.17) is 4.74 Å². The van der Waals surface area contributed by atoms with Gasteiger partial charge in [-0.05, 0) is 32.1 Å². The predicted octanol–water partition coefficient (Wildman–Crippen LogP) is 0.668. The molecule has 2 atom stereocenters. The zero-order valence-corrected chi connectivity index (χ0v) is 8.25. The van der Waals surface area contributed by atoms with Crippen molar-refractivity contribution >= 4 is 0 Å². The number of ether oxygens (including phenoxy) is 1. The third-order valence-electron chi connectivity index (χ3n) is 3.29. The Morgan fingerprint density at radius 3 is 2.69 bits per heavy atom. The standard InChI is InChI=1S/C10H19NO2/c1-13-9-4-5-10(6-9,7-12)11-8-2-3-8/h8-9,11-12H,2-7H2,1H3. The average molecular weight is 185 g/mol. The van der Waals surface area contributed by atoms with Crippen molar-refractivity contribution in [3.63, 3.8) is 0 Å². The van der Waals surface area contributed by atoms with E-state index >= 15 is 0 Å². The van der Waals surface area contributed by atoms with Crippen LogP contribution in [-0.2, 0) is 4.74 Å². The highest BCUT2D eigenvalue weighted by atomic mass is 16.5. The Hall–Kier alpha value is -0.120. The molecular formula is C10H19NO2. The van der Waals surface area contributed by atoms with Crippen LogP contribution in [-0.4, -0.2) is 36.5 Å². The summed E-state index contributed by atoms with van der Waals surface area (Å²) in [6.45, 7) is 0.253. The fraction of sp³-hybridized carbons (Fsp3) is 1.00. The first-order valence-electron chi connectivity index (χ1n) is 5.19. The first-order chi connectivity index (χ1) is 6.28. The number of aliphatic hydroxyl groups excluding tert-OH is 1. The molecule has 0 aliphatic heterocycles. The lowest BCUT2D eigenvalue weighted by molar-refractivity contribution is 0.0877. The van der Waals surface area contributed by atoms with Gasteiger partial charge in [0.05, 0.1) is 12.7 Å². The predicted molar refractivity (Wildman–Crippen MR) is 50.6 cm³/mol. The molecule has 0 saturated heterocycles. The van der Waals surface area contributed by atoms with Crippen LogP contribution in [0.3, 0.4) is 0 Å². The average Bonchev–Trinajstić information content (AvgIpc) is 2.85. The van der Waals surface area contributed by atoms with Gasteiger partial charge in [-0.1, -0.05) is 0 Å². The molecule has 0 radical (unpaired) electrons. The van der Waals surface area contributed by atoms with Crippen LogP contribution in [0.1, 0.15) is 32.1 Å². The normalized spacial score (nSPS) is 39.7. The minimum absolute atomic E-state index is 0.0259. The Morgan fingerprint density at radius 2 is 2.23 bits per heavy atom. The lowest BCUT2D eigenvalue weighted by Crippen LogP contribution is -2.47. The molecule has 2 aliphatic rings.